The van der Waals surface area contributed by atoms with Crippen LogP contribution in [0.3, 0.4) is 0 Å². The minimum Gasteiger partial charge on any atom is -0.389 e. The van der Waals surface area contributed by atoms with Crippen molar-refractivity contribution >= 4 is 32.9 Å². The SMILES string of the molecule is NC(=S)c1ccc(S(=O)(=O)Nc2c(F)cccc2F)cc1. The molecule has 2 aromatic carbocycles. The Morgan fingerprint density at radius 2 is 1.57 bits per heavy atom. The fourth-order valence-electron chi connectivity index (χ4n) is 1.59. The minimum absolute atomic E-state index is 0.118. The molecule has 0 bridgehead atoms. The Hall–Kier alpha value is -2.06. The van der Waals surface area contributed by atoms with Gasteiger partial charge in [-0.3, -0.25) is 4.72 Å². The zero-order chi connectivity index (χ0) is 15.6. The Morgan fingerprint density at radius 3 is 2.05 bits per heavy atom. The van der Waals surface area contributed by atoms with Gasteiger partial charge in [0.25, 0.3) is 10.0 Å². The summed E-state index contributed by atoms with van der Waals surface area (Å²) in [6.07, 6.45) is 0. The van der Waals surface area contributed by atoms with Crippen LogP contribution in [0.1, 0.15) is 5.56 Å². The van der Waals surface area contributed by atoms with E-state index in [-0.39, 0.29) is 9.88 Å². The summed E-state index contributed by atoms with van der Waals surface area (Å²) >= 11 is 4.75. The number of thiocarbonyl (C=S) groups is 1. The molecule has 0 radical (unpaired) electrons. The van der Waals surface area contributed by atoms with Gasteiger partial charge in [-0.25, -0.2) is 17.2 Å². The summed E-state index contributed by atoms with van der Waals surface area (Å²) < 4.78 is 53.0. The van der Waals surface area contributed by atoms with E-state index < -0.39 is 27.3 Å². The zero-order valence-corrected chi connectivity index (χ0v) is 12.1. The maximum atomic E-state index is 13.5. The summed E-state index contributed by atoms with van der Waals surface area (Å²) in [4.78, 5) is -0.0443. The van der Waals surface area contributed by atoms with Crippen LogP contribution in [-0.4, -0.2) is 13.4 Å². The van der Waals surface area contributed by atoms with E-state index in [9.17, 15) is 17.2 Å². The van der Waals surface area contributed by atoms with Crippen LogP contribution in [0, 0.1) is 11.6 Å². The van der Waals surface area contributed by atoms with E-state index in [0.29, 0.717) is 5.56 Å². The lowest BCUT2D eigenvalue weighted by molar-refractivity contribution is 0.583. The van der Waals surface area contributed by atoms with Crippen LogP contribution >= 0.6 is 12.2 Å². The number of anilines is 1. The first-order valence-corrected chi connectivity index (χ1v) is 7.57. The Bertz CT molecular complexity index is 770. The van der Waals surface area contributed by atoms with E-state index in [1.807, 2.05) is 4.72 Å². The Morgan fingerprint density at radius 1 is 1.05 bits per heavy atom. The molecule has 110 valence electrons. The first-order chi connectivity index (χ1) is 9.81. The predicted octanol–water partition coefficient (Wildman–Crippen LogP) is 2.40. The first-order valence-electron chi connectivity index (χ1n) is 5.68. The average Bonchev–Trinajstić information content (AvgIpc) is 2.43. The second-order valence-electron chi connectivity index (χ2n) is 4.09. The maximum absolute atomic E-state index is 13.5. The molecule has 2 rings (SSSR count). The molecule has 0 aliphatic rings. The van der Waals surface area contributed by atoms with Crippen molar-refractivity contribution in [3.63, 3.8) is 0 Å². The molecule has 3 N–H and O–H groups in total. The maximum Gasteiger partial charge on any atom is 0.262 e. The van der Waals surface area contributed by atoms with Gasteiger partial charge in [0.2, 0.25) is 0 Å². The average molecular weight is 328 g/mol. The van der Waals surface area contributed by atoms with Gasteiger partial charge < -0.3 is 5.73 Å². The van der Waals surface area contributed by atoms with Crippen LogP contribution in [-0.2, 0) is 10.0 Å². The summed E-state index contributed by atoms with van der Waals surface area (Å²) in [7, 11) is -4.11. The van der Waals surface area contributed by atoms with Gasteiger partial charge in [0.15, 0.2) is 0 Å². The van der Waals surface area contributed by atoms with Crippen LogP contribution < -0.4 is 10.5 Å². The van der Waals surface area contributed by atoms with Crippen molar-refractivity contribution in [1.29, 1.82) is 0 Å². The van der Waals surface area contributed by atoms with Gasteiger partial charge in [-0.05, 0) is 24.3 Å². The van der Waals surface area contributed by atoms with Gasteiger partial charge in [-0.2, -0.15) is 0 Å². The molecule has 0 aromatic heterocycles. The number of para-hydroxylation sites is 1. The molecule has 0 heterocycles. The summed E-state index contributed by atoms with van der Waals surface area (Å²) in [6.45, 7) is 0. The number of rotatable bonds is 4. The van der Waals surface area contributed by atoms with Gasteiger partial charge in [-0.1, -0.05) is 30.4 Å². The molecule has 2 aromatic rings. The van der Waals surface area contributed by atoms with Crippen LogP contribution in [0.25, 0.3) is 0 Å². The second-order valence-corrected chi connectivity index (χ2v) is 6.21. The fourth-order valence-corrected chi connectivity index (χ4v) is 2.80. The lowest BCUT2D eigenvalue weighted by atomic mass is 10.2. The van der Waals surface area contributed by atoms with Crippen LogP contribution in [0.15, 0.2) is 47.4 Å². The van der Waals surface area contributed by atoms with E-state index in [4.69, 9.17) is 18.0 Å². The number of nitrogens with two attached hydrogens (primary N) is 1. The Labute approximate surface area is 125 Å². The van der Waals surface area contributed by atoms with Crippen molar-refractivity contribution in [3.8, 4) is 0 Å². The molecular weight excluding hydrogens is 318 g/mol. The van der Waals surface area contributed by atoms with Crippen LogP contribution in [0.4, 0.5) is 14.5 Å². The molecule has 0 aliphatic carbocycles. The lowest BCUT2D eigenvalue weighted by Gasteiger charge is -2.10. The normalized spacial score (nSPS) is 11.1. The molecule has 0 amide bonds. The molecule has 0 unspecified atom stereocenters. The number of hydrogen-bond donors (Lipinski definition) is 2. The molecule has 0 fully saturated rings. The summed E-state index contributed by atoms with van der Waals surface area (Å²) in [5.41, 5.74) is 5.16. The third-order valence-corrected chi connectivity index (χ3v) is 4.25. The monoisotopic (exact) mass is 328 g/mol. The highest BCUT2D eigenvalue weighted by molar-refractivity contribution is 7.92. The number of halogens is 2. The number of sulfonamides is 1. The van der Waals surface area contributed by atoms with Crippen molar-refractivity contribution in [2.45, 2.75) is 4.90 Å². The third-order valence-electron chi connectivity index (χ3n) is 2.65. The first kappa shape index (κ1) is 15.3. The standard InChI is InChI=1S/C13H10F2N2O2S2/c14-10-2-1-3-11(15)12(10)17-21(18,19)9-6-4-8(5-7-9)13(16)20/h1-7,17H,(H2,16,20). The molecular formula is C13H10F2N2O2S2. The highest BCUT2D eigenvalue weighted by Gasteiger charge is 2.19. The number of nitrogens with one attached hydrogen (secondary N) is 1. The molecule has 0 saturated carbocycles. The van der Waals surface area contributed by atoms with Crippen molar-refractivity contribution < 1.29 is 17.2 Å². The van der Waals surface area contributed by atoms with Crippen molar-refractivity contribution in [1.82, 2.24) is 0 Å². The van der Waals surface area contributed by atoms with E-state index in [1.54, 1.807) is 0 Å². The predicted molar refractivity (Wildman–Crippen MR) is 79.5 cm³/mol. The Kier molecular flexibility index (Phi) is 4.19. The van der Waals surface area contributed by atoms with E-state index in [2.05, 4.69) is 0 Å². The number of hydrogen-bond acceptors (Lipinski definition) is 3. The van der Waals surface area contributed by atoms with Crippen molar-refractivity contribution in [2.75, 3.05) is 4.72 Å². The van der Waals surface area contributed by atoms with Gasteiger partial charge in [-0.15, -0.1) is 0 Å². The van der Waals surface area contributed by atoms with Gasteiger partial charge in [0.1, 0.15) is 22.3 Å². The van der Waals surface area contributed by atoms with Crippen molar-refractivity contribution in [3.05, 3.63) is 59.7 Å². The van der Waals surface area contributed by atoms with E-state index >= 15 is 0 Å². The van der Waals surface area contributed by atoms with Crippen molar-refractivity contribution in [2.24, 2.45) is 5.73 Å². The van der Waals surface area contributed by atoms with Gasteiger partial charge in [0, 0.05) is 5.56 Å². The topological polar surface area (TPSA) is 72.2 Å². The van der Waals surface area contributed by atoms with Crippen LogP contribution in [0.5, 0.6) is 0 Å². The summed E-state index contributed by atoms with van der Waals surface area (Å²) in [5.74, 6) is -2.00. The highest BCUT2D eigenvalue weighted by atomic mass is 32.2. The minimum atomic E-state index is -4.11. The smallest absolute Gasteiger partial charge is 0.262 e. The Balaban J connectivity index is 2.36. The van der Waals surface area contributed by atoms with Gasteiger partial charge >= 0.3 is 0 Å². The van der Waals surface area contributed by atoms with E-state index in [0.717, 1.165) is 18.2 Å². The van der Waals surface area contributed by atoms with Gasteiger partial charge in [0.05, 0.1) is 4.90 Å². The zero-order valence-electron chi connectivity index (χ0n) is 10.5. The summed E-state index contributed by atoms with van der Waals surface area (Å²) in [6, 6.07) is 8.36. The molecule has 4 nitrogen and oxygen atoms in total. The molecule has 0 atom stereocenters. The molecule has 0 spiro atoms. The highest BCUT2D eigenvalue weighted by Crippen LogP contribution is 2.22. The molecule has 8 heteroatoms. The molecule has 0 saturated heterocycles. The molecule has 21 heavy (non-hydrogen) atoms. The molecule has 0 aliphatic heterocycles. The van der Waals surface area contributed by atoms with E-state index in [1.165, 1.54) is 24.3 Å². The second kappa shape index (κ2) is 5.74. The number of benzene rings is 2. The largest absolute Gasteiger partial charge is 0.389 e. The summed E-state index contributed by atoms with van der Waals surface area (Å²) in [5, 5.41) is 0. The lowest BCUT2D eigenvalue weighted by Crippen LogP contribution is -2.16. The fraction of sp³-hybridized carbons (Fsp3) is 0. The van der Waals surface area contributed by atoms with Crippen LogP contribution in [0.2, 0.25) is 0 Å². The third kappa shape index (κ3) is 3.34. The quantitative estimate of drug-likeness (QED) is 0.846.